The molecule has 1 fully saturated rings. The fraction of sp³-hybridized carbons (Fsp3) is 0.600. The Bertz CT molecular complexity index is 726. The van der Waals surface area contributed by atoms with Crippen molar-refractivity contribution in [2.45, 2.75) is 43.9 Å². The summed E-state index contributed by atoms with van der Waals surface area (Å²) in [5.74, 6) is 2.05. The second-order valence-electron chi connectivity index (χ2n) is 7.44. The van der Waals surface area contributed by atoms with Gasteiger partial charge >= 0.3 is 0 Å². The molecule has 1 aromatic carbocycles. The van der Waals surface area contributed by atoms with Crippen LogP contribution in [0.3, 0.4) is 0 Å². The molecule has 4 rings (SSSR count). The highest BCUT2D eigenvalue weighted by Crippen LogP contribution is 2.46. The van der Waals surface area contributed by atoms with Crippen LogP contribution in [0.1, 0.15) is 42.5 Å². The van der Waals surface area contributed by atoms with Crippen molar-refractivity contribution in [3.8, 4) is 0 Å². The maximum atomic E-state index is 9.80. The minimum atomic E-state index is 0.317. The predicted molar refractivity (Wildman–Crippen MR) is 103 cm³/mol. The summed E-state index contributed by atoms with van der Waals surface area (Å²) in [5, 5.41) is 11.3. The van der Waals surface area contributed by atoms with E-state index in [1.54, 1.807) is 5.56 Å². The quantitative estimate of drug-likeness (QED) is 0.867. The number of hydrogen-bond donors (Lipinski definition) is 2. The summed E-state index contributed by atoms with van der Waals surface area (Å²) in [5.41, 5.74) is 5.80. The van der Waals surface area contributed by atoms with Crippen LogP contribution in [0.4, 0.5) is 0 Å². The van der Waals surface area contributed by atoms with Crippen LogP contribution in [0.5, 0.6) is 0 Å². The maximum absolute atomic E-state index is 9.80. The van der Waals surface area contributed by atoms with Gasteiger partial charge in [-0.1, -0.05) is 19.1 Å². The molecule has 2 N–H and O–H groups in total. The summed E-state index contributed by atoms with van der Waals surface area (Å²) in [6.07, 6.45) is 5.66. The summed E-state index contributed by atoms with van der Waals surface area (Å²) < 4.78 is 0. The first-order valence-electron chi connectivity index (χ1n) is 9.23. The molecule has 0 radical (unpaired) electrons. The van der Waals surface area contributed by atoms with E-state index < -0.39 is 0 Å². The Morgan fingerprint density at radius 2 is 2.25 bits per heavy atom. The number of hydrogen-bond acceptors (Lipinski definition) is 3. The Kier molecular flexibility index (Phi) is 4.63. The summed E-state index contributed by atoms with van der Waals surface area (Å²) in [6.45, 7) is 4.78. The van der Waals surface area contributed by atoms with Gasteiger partial charge in [0.15, 0.2) is 0 Å². The second-order valence-corrected chi connectivity index (χ2v) is 8.31. The lowest BCUT2D eigenvalue weighted by Crippen LogP contribution is -2.50. The molecule has 3 nitrogen and oxygen atoms in total. The highest BCUT2D eigenvalue weighted by Gasteiger charge is 2.40. The number of benzene rings is 1. The number of piperidine rings is 1. The molecule has 0 amide bonds. The van der Waals surface area contributed by atoms with Crippen molar-refractivity contribution < 1.29 is 5.11 Å². The molecule has 0 unspecified atom stereocenters. The third-order valence-electron chi connectivity index (χ3n) is 5.93. The first-order chi connectivity index (χ1) is 11.8. The number of nitrogens with one attached hydrogen (secondary N) is 1. The number of nitrogens with zero attached hydrogens (tertiary/aromatic N) is 1. The Hall–Kier alpha value is -0.970. The summed E-state index contributed by atoms with van der Waals surface area (Å²) >= 11 is 1.90. The van der Waals surface area contributed by atoms with Gasteiger partial charge in [0.25, 0.3) is 0 Å². The number of likely N-dealkylation sites (tertiary alicyclic amines) is 1. The standard InChI is InChI=1S/C20H28N2OS/c1-3-7-22-10-13(11-23)8-15-14-5-4-6-17-20(14)16(9-19(15)22)18(21-17)12-24-2/h4-6,13,15,19,21,23H,3,7-12H2,1-2H3/t13-,15-,19-/m1/s1. The molecule has 1 aliphatic heterocycles. The molecule has 1 aromatic heterocycles. The zero-order chi connectivity index (χ0) is 16.7. The van der Waals surface area contributed by atoms with Crippen molar-refractivity contribution in [3.05, 3.63) is 35.0 Å². The smallest absolute Gasteiger partial charge is 0.0471 e. The molecule has 2 aromatic rings. The predicted octanol–water partition coefficient (Wildman–Crippen LogP) is 3.76. The molecule has 0 saturated carbocycles. The molecule has 2 heterocycles. The number of aromatic amines is 1. The molecule has 0 bridgehead atoms. The van der Waals surface area contributed by atoms with E-state index in [2.05, 4.69) is 41.3 Å². The van der Waals surface area contributed by atoms with Gasteiger partial charge in [-0.25, -0.2) is 0 Å². The third-order valence-corrected chi connectivity index (χ3v) is 6.51. The lowest BCUT2D eigenvalue weighted by Gasteiger charge is -2.47. The zero-order valence-corrected chi connectivity index (χ0v) is 15.5. The van der Waals surface area contributed by atoms with E-state index in [0.717, 1.165) is 31.7 Å². The first-order valence-corrected chi connectivity index (χ1v) is 10.6. The van der Waals surface area contributed by atoms with Gasteiger partial charge in [-0.3, -0.25) is 4.90 Å². The van der Waals surface area contributed by atoms with E-state index in [1.807, 2.05) is 11.8 Å². The van der Waals surface area contributed by atoms with E-state index >= 15 is 0 Å². The maximum Gasteiger partial charge on any atom is 0.0471 e. The molecule has 0 spiro atoms. The summed E-state index contributed by atoms with van der Waals surface area (Å²) in [6, 6.07) is 7.36. The molecule has 4 heteroatoms. The second kappa shape index (κ2) is 6.74. The van der Waals surface area contributed by atoms with Crippen LogP contribution in [0.15, 0.2) is 18.2 Å². The number of aromatic nitrogens is 1. The Morgan fingerprint density at radius 3 is 3.00 bits per heavy atom. The third kappa shape index (κ3) is 2.59. The largest absolute Gasteiger partial charge is 0.396 e. The van der Waals surface area contributed by atoms with Gasteiger partial charge in [0.1, 0.15) is 0 Å². The van der Waals surface area contributed by atoms with Crippen LogP contribution in [0, 0.1) is 5.92 Å². The van der Waals surface area contributed by atoms with Crippen molar-refractivity contribution in [2.75, 3.05) is 26.0 Å². The van der Waals surface area contributed by atoms with Gasteiger partial charge in [0.05, 0.1) is 0 Å². The number of thioether (sulfide) groups is 1. The van der Waals surface area contributed by atoms with Crippen molar-refractivity contribution in [3.63, 3.8) is 0 Å². The monoisotopic (exact) mass is 344 g/mol. The molecule has 130 valence electrons. The lowest BCUT2D eigenvalue weighted by molar-refractivity contribution is 0.0571. The molecule has 2 aliphatic rings. The van der Waals surface area contributed by atoms with Gasteiger partial charge in [-0.05, 0) is 55.2 Å². The van der Waals surface area contributed by atoms with E-state index in [-0.39, 0.29) is 0 Å². The van der Waals surface area contributed by atoms with E-state index in [4.69, 9.17) is 0 Å². The Balaban J connectivity index is 1.81. The lowest BCUT2D eigenvalue weighted by atomic mass is 9.72. The van der Waals surface area contributed by atoms with Crippen LogP contribution in [0.2, 0.25) is 0 Å². The molecular formula is C20H28N2OS. The molecular weight excluding hydrogens is 316 g/mol. The van der Waals surface area contributed by atoms with Crippen molar-refractivity contribution in [1.29, 1.82) is 0 Å². The number of aliphatic hydroxyl groups excluding tert-OH is 1. The van der Waals surface area contributed by atoms with Gasteiger partial charge in [-0.15, -0.1) is 0 Å². The van der Waals surface area contributed by atoms with Crippen LogP contribution < -0.4 is 0 Å². The zero-order valence-electron chi connectivity index (χ0n) is 14.7. The normalized spacial score (nSPS) is 26.7. The van der Waals surface area contributed by atoms with Crippen LogP contribution in [-0.2, 0) is 12.2 Å². The van der Waals surface area contributed by atoms with Crippen LogP contribution in [0.25, 0.3) is 10.9 Å². The topological polar surface area (TPSA) is 39.3 Å². The fourth-order valence-corrected chi connectivity index (χ4v) is 5.54. The van der Waals surface area contributed by atoms with Crippen LogP contribution in [-0.4, -0.2) is 47.0 Å². The van der Waals surface area contributed by atoms with E-state index in [9.17, 15) is 5.11 Å². The number of aliphatic hydroxyl groups is 1. The number of rotatable bonds is 5. The van der Waals surface area contributed by atoms with Crippen molar-refractivity contribution >= 4 is 22.7 Å². The average Bonchev–Trinajstić information content (AvgIpc) is 2.95. The van der Waals surface area contributed by atoms with E-state index in [0.29, 0.717) is 24.5 Å². The van der Waals surface area contributed by atoms with E-state index in [1.165, 1.54) is 28.6 Å². The molecule has 1 aliphatic carbocycles. The molecule has 24 heavy (non-hydrogen) atoms. The fourth-order valence-electron chi connectivity index (χ4n) is 5.01. The summed E-state index contributed by atoms with van der Waals surface area (Å²) in [7, 11) is 0. The van der Waals surface area contributed by atoms with Gasteiger partial charge in [-0.2, -0.15) is 11.8 Å². The number of fused-ring (bicyclic) bond motifs is 2. The van der Waals surface area contributed by atoms with Gasteiger partial charge in [0.2, 0.25) is 0 Å². The van der Waals surface area contributed by atoms with Crippen molar-refractivity contribution in [1.82, 2.24) is 9.88 Å². The van der Waals surface area contributed by atoms with Crippen LogP contribution >= 0.6 is 11.8 Å². The minimum Gasteiger partial charge on any atom is -0.396 e. The highest BCUT2D eigenvalue weighted by atomic mass is 32.2. The van der Waals surface area contributed by atoms with Gasteiger partial charge < -0.3 is 10.1 Å². The Morgan fingerprint density at radius 1 is 1.38 bits per heavy atom. The number of H-pyrrole nitrogens is 1. The SMILES string of the molecule is CCCN1C[C@H](CO)C[C@@H]2c3cccc4[nH]c(CSC)c(c34)C[C@H]21. The average molecular weight is 345 g/mol. The molecule has 3 atom stereocenters. The highest BCUT2D eigenvalue weighted by molar-refractivity contribution is 7.97. The summed E-state index contributed by atoms with van der Waals surface area (Å²) in [4.78, 5) is 6.35. The minimum absolute atomic E-state index is 0.317. The van der Waals surface area contributed by atoms with Crippen molar-refractivity contribution in [2.24, 2.45) is 5.92 Å². The molecule has 1 saturated heterocycles. The van der Waals surface area contributed by atoms with Gasteiger partial charge in [0, 0.05) is 47.5 Å². The Labute approximate surface area is 148 Å². The first kappa shape index (κ1) is 16.5.